The van der Waals surface area contributed by atoms with Crippen LogP contribution in [0.25, 0.3) is 0 Å². The first kappa shape index (κ1) is 12.6. The van der Waals surface area contributed by atoms with Crippen molar-refractivity contribution in [1.29, 1.82) is 0 Å². The average Bonchev–Trinajstić information content (AvgIpc) is 2.30. The van der Waals surface area contributed by atoms with Gasteiger partial charge in [-0.1, -0.05) is 29.3 Å². The number of rotatable bonds is 3. The molecule has 17 heavy (non-hydrogen) atoms. The molecule has 1 aromatic rings. The van der Waals surface area contributed by atoms with E-state index >= 15 is 0 Å². The zero-order valence-electron chi connectivity index (χ0n) is 10.7. The van der Waals surface area contributed by atoms with Crippen molar-refractivity contribution in [2.45, 2.75) is 32.7 Å². The Hall–Kier alpha value is -0.900. The highest BCUT2D eigenvalue weighted by Gasteiger charge is 2.24. The first-order chi connectivity index (χ1) is 8.20. The molecule has 2 rings (SSSR count). The highest BCUT2D eigenvalue weighted by atomic mass is 16.5. The summed E-state index contributed by atoms with van der Waals surface area (Å²) >= 11 is 0. The second-order valence-electron chi connectivity index (χ2n) is 5.02. The summed E-state index contributed by atoms with van der Waals surface area (Å²) in [5, 5.41) is 0. The van der Waals surface area contributed by atoms with Crippen molar-refractivity contribution in [3.05, 3.63) is 34.9 Å². The van der Waals surface area contributed by atoms with E-state index in [1.54, 1.807) is 0 Å². The number of hydrogen-bond donors (Lipinski definition) is 2. The van der Waals surface area contributed by atoms with Gasteiger partial charge in [-0.2, -0.15) is 0 Å². The molecule has 3 heteroatoms. The van der Waals surface area contributed by atoms with Gasteiger partial charge in [0.2, 0.25) is 0 Å². The van der Waals surface area contributed by atoms with Crippen LogP contribution < -0.4 is 11.3 Å². The second-order valence-corrected chi connectivity index (χ2v) is 5.02. The number of hydrogen-bond acceptors (Lipinski definition) is 3. The summed E-state index contributed by atoms with van der Waals surface area (Å²) in [7, 11) is 0. The van der Waals surface area contributed by atoms with Gasteiger partial charge in [0.1, 0.15) is 0 Å². The summed E-state index contributed by atoms with van der Waals surface area (Å²) in [4.78, 5) is 0. The van der Waals surface area contributed by atoms with Gasteiger partial charge in [0, 0.05) is 19.3 Å². The Morgan fingerprint density at radius 3 is 2.29 bits per heavy atom. The van der Waals surface area contributed by atoms with Crippen molar-refractivity contribution >= 4 is 0 Å². The quantitative estimate of drug-likeness (QED) is 0.623. The molecule has 1 saturated heterocycles. The maximum Gasteiger partial charge on any atom is 0.0490 e. The molecule has 0 aliphatic carbocycles. The molecule has 0 bridgehead atoms. The highest BCUT2D eigenvalue weighted by molar-refractivity contribution is 5.31. The largest absolute Gasteiger partial charge is 0.381 e. The van der Waals surface area contributed by atoms with Gasteiger partial charge in [-0.15, -0.1) is 0 Å². The summed E-state index contributed by atoms with van der Waals surface area (Å²) in [5.41, 5.74) is 6.89. The number of aryl methyl sites for hydroxylation is 2. The topological polar surface area (TPSA) is 47.3 Å². The standard InChI is InChI=1S/C14H22N2O/c1-10-7-11(2)9-13(8-10)14(16-15)12-3-5-17-6-4-12/h7-9,12,14,16H,3-6,15H2,1-2H3. The molecular formula is C14H22N2O. The normalized spacial score (nSPS) is 19.2. The smallest absolute Gasteiger partial charge is 0.0490 e. The Labute approximate surface area is 103 Å². The Morgan fingerprint density at radius 2 is 1.76 bits per heavy atom. The van der Waals surface area contributed by atoms with Crippen LogP contribution in [0.3, 0.4) is 0 Å². The van der Waals surface area contributed by atoms with E-state index in [0.29, 0.717) is 5.92 Å². The van der Waals surface area contributed by atoms with E-state index in [4.69, 9.17) is 10.6 Å². The maximum absolute atomic E-state index is 5.74. The minimum atomic E-state index is 0.248. The SMILES string of the molecule is Cc1cc(C)cc(C(NN)C2CCOCC2)c1. The molecular weight excluding hydrogens is 212 g/mol. The second kappa shape index (κ2) is 5.63. The van der Waals surface area contributed by atoms with E-state index in [1.165, 1.54) is 16.7 Å². The van der Waals surface area contributed by atoms with Crippen LogP contribution in [0, 0.1) is 19.8 Å². The third kappa shape index (κ3) is 3.06. The summed E-state index contributed by atoms with van der Waals surface area (Å²) in [5.74, 6) is 6.32. The molecule has 3 nitrogen and oxygen atoms in total. The van der Waals surface area contributed by atoms with Crippen molar-refractivity contribution < 1.29 is 4.74 Å². The molecule has 1 aliphatic heterocycles. The molecule has 0 spiro atoms. The fourth-order valence-corrected chi connectivity index (χ4v) is 2.74. The molecule has 1 fully saturated rings. The zero-order chi connectivity index (χ0) is 12.3. The molecule has 3 N–H and O–H groups in total. The van der Waals surface area contributed by atoms with E-state index in [0.717, 1.165) is 26.1 Å². The fourth-order valence-electron chi connectivity index (χ4n) is 2.74. The van der Waals surface area contributed by atoms with Crippen molar-refractivity contribution in [2.75, 3.05) is 13.2 Å². The molecule has 1 aromatic carbocycles. The van der Waals surface area contributed by atoms with Crippen LogP contribution in [0.4, 0.5) is 0 Å². The van der Waals surface area contributed by atoms with Gasteiger partial charge in [-0.25, -0.2) is 0 Å². The molecule has 0 saturated carbocycles. The monoisotopic (exact) mass is 234 g/mol. The van der Waals surface area contributed by atoms with Crippen molar-refractivity contribution in [3.8, 4) is 0 Å². The van der Waals surface area contributed by atoms with Gasteiger partial charge in [0.05, 0.1) is 0 Å². The highest BCUT2D eigenvalue weighted by Crippen LogP contribution is 2.30. The van der Waals surface area contributed by atoms with E-state index < -0.39 is 0 Å². The molecule has 0 radical (unpaired) electrons. The number of nitrogens with two attached hydrogens (primary N) is 1. The van der Waals surface area contributed by atoms with Crippen LogP contribution in [-0.2, 0) is 4.74 Å². The van der Waals surface area contributed by atoms with Crippen LogP contribution in [0.1, 0.15) is 35.6 Å². The lowest BCUT2D eigenvalue weighted by molar-refractivity contribution is 0.0536. The predicted molar refractivity (Wildman–Crippen MR) is 69.5 cm³/mol. The minimum Gasteiger partial charge on any atom is -0.381 e. The summed E-state index contributed by atoms with van der Waals surface area (Å²) in [6.07, 6.45) is 2.17. The average molecular weight is 234 g/mol. The third-order valence-electron chi connectivity index (χ3n) is 3.52. The fraction of sp³-hybridized carbons (Fsp3) is 0.571. The molecule has 94 valence electrons. The van der Waals surface area contributed by atoms with Gasteiger partial charge in [0.25, 0.3) is 0 Å². The molecule has 1 unspecified atom stereocenters. The predicted octanol–water partition coefficient (Wildman–Crippen LogP) is 2.23. The van der Waals surface area contributed by atoms with Crippen LogP contribution in [0.5, 0.6) is 0 Å². The number of hydrazine groups is 1. The Kier molecular flexibility index (Phi) is 4.15. The van der Waals surface area contributed by atoms with Gasteiger partial charge in [-0.3, -0.25) is 11.3 Å². The number of nitrogens with one attached hydrogen (secondary N) is 1. The van der Waals surface area contributed by atoms with Gasteiger partial charge in [-0.05, 0) is 38.2 Å². The lowest BCUT2D eigenvalue weighted by Crippen LogP contribution is -2.36. The van der Waals surface area contributed by atoms with E-state index in [-0.39, 0.29) is 6.04 Å². The van der Waals surface area contributed by atoms with E-state index in [9.17, 15) is 0 Å². The molecule has 1 heterocycles. The first-order valence-electron chi connectivity index (χ1n) is 6.33. The Morgan fingerprint density at radius 1 is 1.18 bits per heavy atom. The number of ether oxygens (including phenoxy) is 1. The van der Waals surface area contributed by atoms with Gasteiger partial charge >= 0.3 is 0 Å². The van der Waals surface area contributed by atoms with Crippen LogP contribution >= 0.6 is 0 Å². The number of benzene rings is 1. The zero-order valence-corrected chi connectivity index (χ0v) is 10.7. The molecule has 0 aromatic heterocycles. The summed E-state index contributed by atoms with van der Waals surface area (Å²) in [6, 6.07) is 6.90. The third-order valence-corrected chi connectivity index (χ3v) is 3.52. The molecule has 1 aliphatic rings. The minimum absolute atomic E-state index is 0.248. The molecule has 0 amide bonds. The van der Waals surface area contributed by atoms with Crippen LogP contribution in [0.15, 0.2) is 18.2 Å². The lowest BCUT2D eigenvalue weighted by atomic mass is 9.86. The summed E-state index contributed by atoms with van der Waals surface area (Å²) in [6.45, 7) is 5.98. The maximum atomic E-state index is 5.74. The first-order valence-corrected chi connectivity index (χ1v) is 6.33. The van der Waals surface area contributed by atoms with Gasteiger partial charge < -0.3 is 4.74 Å². The van der Waals surface area contributed by atoms with Crippen molar-refractivity contribution in [3.63, 3.8) is 0 Å². The molecule has 1 atom stereocenters. The van der Waals surface area contributed by atoms with Crippen LogP contribution in [0.2, 0.25) is 0 Å². The van der Waals surface area contributed by atoms with Crippen LogP contribution in [-0.4, -0.2) is 13.2 Å². The van der Waals surface area contributed by atoms with E-state index in [1.807, 2.05) is 0 Å². The Bertz CT molecular complexity index is 352. The van der Waals surface area contributed by atoms with Crippen molar-refractivity contribution in [1.82, 2.24) is 5.43 Å². The lowest BCUT2D eigenvalue weighted by Gasteiger charge is -2.30. The summed E-state index contributed by atoms with van der Waals surface area (Å²) < 4.78 is 5.41. The van der Waals surface area contributed by atoms with E-state index in [2.05, 4.69) is 37.5 Å². The van der Waals surface area contributed by atoms with Gasteiger partial charge in [0.15, 0.2) is 0 Å². The Balaban J connectivity index is 2.21. The van der Waals surface area contributed by atoms with Crippen molar-refractivity contribution in [2.24, 2.45) is 11.8 Å².